The average Bonchev–Trinajstić information content (AvgIpc) is 3.26. The zero-order valence-electron chi connectivity index (χ0n) is 15.7. The van der Waals surface area contributed by atoms with Gasteiger partial charge in [0.2, 0.25) is 0 Å². The summed E-state index contributed by atoms with van der Waals surface area (Å²) in [7, 11) is 1.60. The number of nitrogens with one attached hydrogen (secondary N) is 1. The number of hydrogen-bond donors (Lipinski definition) is 2. The van der Waals surface area contributed by atoms with Gasteiger partial charge in [0.15, 0.2) is 6.23 Å². The number of carbonyl (C=O) groups excluding carboxylic acids is 2. The highest BCUT2D eigenvalue weighted by Gasteiger charge is 2.37. The molecule has 4 rings (SSSR count). The molecule has 0 radical (unpaired) electrons. The molecular formula is C21H16ClIN2O4S. The van der Waals surface area contributed by atoms with E-state index in [1.54, 1.807) is 37.4 Å². The molecule has 0 saturated carbocycles. The molecule has 9 heteroatoms. The van der Waals surface area contributed by atoms with Crippen LogP contribution in [0.25, 0.3) is 0 Å². The van der Waals surface area contributed by atoms with Crippen LogP contribution in [0.5, 0.6) is 5.75 Å². The summed E-state index contributed by atoms with van der Waals surface area (Å²) in [4.78, 5) is 27.3. The number of halogens is 2. The Balaban J connectivity index is 1.60. The first-order valence-electron chi connectivity index (χ1n) is 8.90. The Hall–Kier alpha value is -2.14. The summed E-state index contributed by atoms with van der Waals surface area (Å²) in [5, 5.41) is 13.7. The van der Waals surface area contributed by atoms with Crippen molar-refractivity contribution in [3.05, 3.63) is 78.0 Å². The van der Waals surface area contributed by atoms with Crippen LogP contribution in [0, 0.1) is 3.57 Å². The molecule has 3 aromatic rings. The monoisotopic (exact) mass is 554 g/mol. The molecule has 154 valence electrons. The Morgan fingerprint density at radius 2 is 2.10 bits per heavy atom. The van der Waals surface area contributed by atoms with Gasteiger partial charge in [-0.15, -0.1) is 11.3 Å². The van der Waals surface area contributed by atoms with Crippen LogP contribution in [0.15, 0.2) is 48.5 Å². The second kappa shape index (κ2) is 8.54. The van der Waals surface area contributed by atoms with E-state index in [0.717, 1.165) is 26.2 Å². The number of aliphatic hydroxyl groups excluding tert-OH is 1. The number of aliphatic hydroxyl groups is 1. The molecule has 6 nitrogen and oxygen atoms in total. The number of hydrogen-bond acceptors (Lipinski definition) is 5. The Bertz CT molecular complexity index is 1150. The van der Waals surface area contributed by atoms with Gasteiger partial charge in [0.05, 0.1) is 19.9 Å². The standard InChI is InChI=1S/C21H16ClIN2O4S/c1-29-15-6-5-11(9-13(15)23)10-25-20(27)12-3-2-4-14(18(12)21(25)28)24-19(26)16-7-8-17(22)30-16/h2-9,21,28H,10H2,1H3,(H,24,26). The van der Waals surface area contributed by atoms with Crippen LogP contribution in [0.4, 0.5) is 5.69 Å². The molecule has 0 spiro atoms. The third-order valence-corrected chi connectivity index (χ3v) is 6.84. The number of benzene rings is 2. The van der Waals surface area contributed by atoms with Crippen molar-refractivity contribution in [2.24, 2.45) is 0 Å². The first-order chi connectivity index (χ1) is 14.4. The molecule has 0 fully saturated rings. The number of fused-ring (bicyclic) bond motifs is 1. The summed E-state index contributed by atoms with van der Waals surface area (Å²) in [6.07, 6.45) is -1.17. The van der Waals surface area contributed by atoms with Gasteiger partial charge in [-0.2, -0.15) is 0 Å². The number of anilines is 1. The maximum atomic E-state index is 12.9. The van der Waals surface area contributed by atoms with Gasteiger partial charge < -0.3 is 20.1 Å². The fourth-order valence-corrected chi connectivity index (χ4v) is 5.08. The summed E-state index contributed by atoms with van der Waals surface area (Å²) in [5.74, 6) is 0.108. The normalized spacial score (nSPS) is 15.3. The van der Waals surface area contributed by atoms with Crippen LogP contribution in [-0.4, -0.2) is 28.9 Å². The lowest BCUT2D eigenvalue weighted by Gasteiger charge is -2.22. The van der Waals surface area contributed by atoms with Crippen LogP contribution in [0.2, 0.25) is 4.34 Å². The maximum absolute atomic E-state index is 12.9. The molecule has 1 unspecified atom stereocenters. The van der Waals surface area contributed by atoms with E-state index in [-0.39, 0.29) is 18.4 Å². The van der Waals surface area contributed by atoms with Gasteiger partial charge >= 0.3 is 0 Å². The Kier molecular flexibility index (Phi) is 6.01. The summed E-state index contributed by atoms with van der Waals surface area (Å²) in [6.45, 7) is 0.225. The van der Waals surface area contributed by atoms with E-state index >= 15 is 0 Å². The van der Waals surface area contributed by atoms with Crippen molar-refractivity contribution in [3.63, 3.8) is 0 Å². The number of amides is 2. The van der Waals surface area contributed by atoms with Crippen molar-refractivity contribution in [2.75, 3.05) is 12.4 Å². The molecule has 2 heterocycles. The molecule has 1 aliphatic heterocycles. The van der Waals surface area contributed by atoms with Crippen LogP contribution >= 0.6 is 45.5 Å². The van der Waals surface area contributed by atoms with Crippen LogP contribution in [-0.2, 0) is 6.54 Å². The van der Waals surface area contributed by atoms with Gasteiger partial charge in [0.1, 0.15) is 5.75 Å². The Morgan fingerprint density at radius 3 is 2.77 bits per heavy atom. The van der Waals surface area contributed by atoms with E-state index in [1.807, 2.05) is 18.2 Å². The van der Waals surface area contributed by atoms with E-state index < -0.39 is 6.23 Å². The van der Waals surface area contributed by atoms with Crippen LogP contribution in [0.1, 0.15) is 37.4 Å². The van der Waals surface area contributed by atoms with Gasteiger partial charge in [-0.1, -0.05) is 23.7 Å². The first-order valence-corrected chi connectivity index (χ1v) is 11.2. The highest BCUT2D eigenvalue weighted by atomic mass is 127. The van der Waals surface area contributed by atoms with Gasteiger partial charge in [-0.3, -0.25) is 9.59 Å². The largest absolute Gasteiger partial charge is 0.496 e. The zero-order chi connectivity index (χ0) is 21.4. The average molecular weight is 555 g/mol. The fraction of sp³-hybridized carbons (Fsp3) is 0.143. The first kappa shape index (κ1) is 21.1. The van der Waals surface area contributed by atoms with Crippen LogP contribution in [0.3, 0.4) is 0 Å². The third kappa shape index (κ3) is 3.92. The number of thiophene rings is 1. The van der Waals surface area contributed by atoms with Crippen molar-refractivity contribution >= 4 is 63.0 Å². The van der Waals surface area contributed by atoms with Crippen molar-refractivity contribution in [3.8, 4) is 5.75 Å². The van der Waals surface area contributed by atoms with E-state index in [2.05, 4.69) is 27.9 Å². The molecule has 0 aliphatic carbocycles. The van der Waals surface area contributed by atoms with Gasteiger partial charge in [-0.05, 0) is 64.6 Å². The van der Waals surface area contributed by atoms with E-state index in [9.17, 15) is 14.7 Å². The number of methoxy groups -OCH3 is 1. The minimum absolute atomic E-state index is 0.225. The SMILES string of the molecule is COc1ccc(CN2C(=O)c3cccc(NC(=O)c4ccc(Cl)s4)c3C2O)cc1I. The number of nitrogens with zero attached hydrogens (tertiary/aromatic N) is 1. The highest BCUT2D eigenvalue weighted by Crippen LogP contribution is 2.38. The predicted octanol–water partition coefficient (Wildman–Crippen LogP) is 4.91. The van der Waals surface area contributed by atoms with Crippen molar-refractivity contribution in [1.82, 2.24) is 4.90 Å². The van der Waals surface area contributed by atoms with Crippen molar-refractivity contribution < 1.29 is 19.4 Å². The predicted molar refractivity (Wildman–Crippen MR) is 124 cm³/mol. The molecule has 30 heavy (non-hydrogen) atoms. The third-order valence-electron chi connectivity index (χ3n) is 4.77. The topological polar surface area (TPSA) is 78.9 Å². The smallest absolute Gasteiger partial charge is 0.265 e. The molecule has 1 aromatic heterocycles. The second-order valence-electron chi connectivity index (χ2n) is 6.60. The second-order valence-corrected chi connectivity index (χ2v) is 9.48. The molecule has 2 amide bonds. The summed E-state index contributed by atoms with van der Waals surface area (Å²) in [5.41, 5.74) is 2.02. The molecule has 1 atom stereocenters. The molecule has 1 aliphatic rings. The lowest BCUT2D eigenvalue weighted by Crippen LogP contribution is -2.27. The van der Waals surface area contributed by atoms with Crippen molar-refractivity contribution in [2.45, 2.75) is 12.8 Å². The summed E-state index contributed by atoms with van der Waals surface area (Å²) >= 11 is 9.23. The molecular weight excluding hydrogens is 539 g/mol. The summed E-state index contributed by atoms with van der Waals surface area (Å²) in [6, 6.07) is 13.9. The molecule has 2 N–H and O–H groups in total. The van der Waals surface area contributed by atoms with E-state index in [1.165, 1.54) is 4.90 Å². The highest BCUT2D eigenvalue weighted by molar-refractivity contribution is 14.1. The van der Waals surface area contributed by atoms with Crippen molar-refractivity contribution in [1.29, 1.82) is 0 Å². The van der Waals surface area contributed by atoms with Crippen LogP contribution < -0.4 is 10.1 Å². The number of rotatable bonds is 5. The number of carbonyl (C=O) groups is 2. The fourth-order valence-electron chi connectivity index (χ4n) is 3.34. The summed E-state index contributed by atoms with van der Waals surface area (Å²) < 4.78 is 6.69. The van der Waals surface area contributed by atoms with Gasteiger partial charge in [0.25, 0.3) is 11.8 Å². The quantitative estimate of drug-likeness (QED) is 0.439. The molecule has 0 saturated heterocycles. The maximum Gasteiger partial charge on any atom is 0.265 e. The lowest BCUT2D eigenvalue weighted by molar-refractivity contribution is 0.0140. The minimum Gasteiger partial charge on any atom is -0.496 e. The Morgan fingerprint density at radius 1 is 1.30 bits per heavy atom. The Labute approximate surface area is 195 Å². The van der Waals surface area contributed by atoms with E-state index in [4.69, 9.17) is 16.3 Å². The molecule has 0 bridgehead atoms. The lowest BCUT2D eigenvalue weighted by atomic mass is 10.1. The van der Waals surface area contributed by atoms with Gasteiger partial charge in [-0.25, -0.2) is 0 Å². The zero-order valence-corrected chi connectivity index (χ0v) is 19.4. The van der Waals surface area contributed by atoms with E-state index in [0.29, 0.717) is 26.0 Å². The van der Waals surface area contributed by atoms with Gasteiger partial charge in [0, 0.05) is 23.4 Å². The minimum atomic E-state index is -1.17. The molecule has 2 aromatic carbocycles. The number of ether oxygens (including phenoxy) is 1.